The Hall–Kier alpha value is -2.68. The maximum absolute atomic E-state index is 12.9. The molecule has 0 saturated heterocycles. The SMILES string of the molecule is C=C(C)C(=O)OC(C)OCC(O)COC(=O)C1C=CC2=C(Cc3ccccc3S2)C1=O. The van der Waals surface area contributed by atoms with Crippen LogP contribution in [0, 0.1) is 5.92 Å². The lowest BCUT2D eigenvalue weighted by Crippen LogP contribution is -2.33. The smallest absolute Gasteiger partial charge is 0.335 e. The standard InChI is InChI=1S/C23H24O7S/c1-13(2)22(26)30-14(3)28-11-16(24)12-29-23(27)17-8-9-20-18(21(17)25)10-15-6-4-5-7-19(15)31-20/h4-9,14,16-17,24H,1,10-12H2,2-3H3. The largest absolute Gasteiger partial charge is 0.462 e. The summed E-state index contributed by atoms with van der Waals surface area (Å²) < 4.78 is 15.3. The van der Waals surface area contributed by atoms with Crippen molar-refractivity contribution in [2.24, 2.45) is 5.92 Å². The predicted molar refractivity (Wildman–Crippen MR) is 114 cm³/mol. The molecular formula is C23H24O7S. The molecule has 0 aromatic heterocycles. The maximum Gasteiger partial charge on any atom is 0.335 e. The molecule has 1 heterocycles. The van der Waals surface area contributed by atoms with Crippen molar-refractivity contribution in [3.63, 3.8) is 0 Å². The van der Waals surface area contributed by atoms with Crippen molar-refractivity contribution in [1.29, 1.82) is 0 Å². The van der Waals surface area contributed by atoms with Crippen LogP contribution in [0.4, 0.5) is 0 Å². The zero-order chi connectivity index (χ0) is 22.5. The lowest BCUT2D eigenvalue weighted by molar-refractivity contribution is -0.177. The summed E-state index contributed by atoms with van der Waals surface area (Å²) in [7, 11) is 0. The molecular weight excluding hydrogens is 420 g/mol. The summed E-state index contributed by atoms with van der Waals surface area (Å²) in [5.41, 5.74) is 1.88. The summed E-state index contributed by atoms with van der Waals surface area (Å²) >= 11 is 1.51. The Kier molecular flexibility index (Phi) is 7.48. The average Bonchev–Trinajstić information content (AvgIpc) is 2.75. The van der Waals surface area contributed by atoms with E-state index >= 15 is 0 Å². The molecule has 0 saturated carbocycles. The van der Waals surface area contributed by atoms with Gasteiger partial charge in [0, 0.05) is 27.4 Å². The van der Waals surface area contributed by atoms with Gasteiger partial charge < -0.3 is 19.3 Å². The zero-order valence-corrected chi connectivity index (χ0v) is 18.1. The molecule has 1 N–H and O–H groups in total. The molecule has 0 radical (unpaired) electrons. The highest BCUT2D eigenvalue weighted by Crippen LogP contribution is 2.42. The Balaban J connectivity index is 1.48. The maximum atomic E-state index is 12.9. The first-order valence-corrected chi connectivity index (χ1v) is 10.6. The molecule has 1 aliphatic carbocycles. The van der Waals surface area contributed by atoms with E-state index in [1.807, 2.05) is 24.3 Å². The Labute approximate surface area is 184 Å². The van der Waals surface area contributed by atoms with E-state index in [2.05, 4.69) is 6.58 Å². The monoisotopic (exact) mass is 444 g/mol. The summed E-state index contributed by atoms with van der Waals surface area (Å²) in [5.74, 6) is -2.64. The minimum Gasteiger partial charge on any atom is -0.462 e. The minimum atomic E-state index is -1.13. The van der Waals surface area contributed by atoms with E-state index in [0.29, 0.717) is 12.0 Å². The third-order valence-corrected chi connectivity index (χ3v) is 5.91. The van der Waals surface area contributed by atoms with Gasteiger partial charge in [-0.15, -0.1) is 0 Å². The van der Waals surface area contributed by atoms with Gasteiger partial charge in [-0.2, -0.15) is 0 Å². The van der Waals surface area contributed by atoms with E-state index < -0.39 is 30.3 Å². The lowest BCUT2D eigenvalue weighted by Gasteiger charge is -2.25. The summed E-state index contributed by atoms with van der Waals surface area (Å²) in [6, 6.07) is 7.85. The fourth-order valence-electron chi connectivity index (χ4n) is 3.04. The first kappa shape index (κ1) is 23.0. The number of hydrogen-bond donors (Lipinski definition) is 1. The number of benzene rings is 1. The van der Waals surface area contributed by atoms with E-state index in [0.717, 1.165) is 15.4 Å². The molecule has 3 atom stereocenters. The molecule has 1 aromatic carbocycles. The highest BCUT2D eigenvalue weighted by atomic mass is 32.2. The number of ether oxygens (including phenoxy) is 3. The first-order valence-electron chi connectivity index (χ1n) is 9.80. The van der Waals surface area contributed by atoms with Gasteiger partial charge in [-0.3, -0.25) is 9.59 Å². The van der Waals surface area contributed by atoms with Gasteiger partial charge in [0.2, 0.25) is 6.29 Å². The van der Waals surface area contributed by atoms with Gasteiger partial charge in [0.25, 0.3) is 0 Å². The van der Waals surface area contributed by atoms with Crippen LogP contribution in [0.25, 0.3) is 0 Å². The molecule has 1 aromatic rings. The van der Waals surface area contributed by atoms with E-state index in [9.17, 15) is 19.5 Å². The molecule has 1 aliphatic heterocycles. The number of rotatable bonds is 8. The molecule has 3 rings (SSSR count). The van der Waals surface area contributed by atoms with Crippen molar-refractivity contribution in [3.8, 4) is 0 Å². The van der Waals surface area contributed by atoms with E-state index in [1.165, 1.54) is 31.7 Å². The number of carbonyl (C=O) groups is 3. The number of aliphatic hydroxyl groups excluding tert-OH is 1. The Morgan fingerprint density at radius 2 is 2.03 bits per heavy atom. The third kappa shape index (κ3) is 5.72. The first-order chi connectivity index (χ1) is 14.8. The Bertz CT molecular complexity index is 962. The minimum absolute atomic E-state index is 0.213. The molecule has 7 nitrogen and oxygen atoms in total. The van der Waals surface area contributed by atoms with Gasteiger partial charge >= 0.3 is 11.9 Å². The highest BCUT2D eigenvalue weighted by Gasteiger charge is 2.35. The Morgan fingerprint density at radius 3 is 2.77 bits per heavy atom. The molecule has 0 spiro atoms. The second-order valence-corrected chi connectivity index (χ2v) is 8.38. The molecule has 0 fully saturated rings. The molecule has 164 valence electrons. The van der Waals surface area contributed by atoms with Gasteiger partial charge in [0.05, 0.1) is 6.61 Å². The third-order valence-electron chi connectivity index (χ3n) is 4.69. The van der Waals surface area contributed by atoms with Crippen molar-refractivity contribution < 1.29 is 33.7 Å². The van der Waals surface area contributed by atoms with Crippen molar-refractivity contribution >= 4 is 29.5 Å². The molecule has 0 bridgehead atoms. The number of thioether (sulfide) groups is 1. The van der Waals surface area contributed by atoms with Crippen LogP contribution in [0.2, 0.25) is 0 Å². The number of fused-ring (bicyclic) bond motifs is 1. The van der Waals surface area contributed by atoms with Crippen LogP contribution >= 0.6 is 11.8 Å². The number of esters is 2. The van der Waals surface area contributed by atoms with Crippen molar-refractivity contribution in [2.45, 2.75) is 37.6 Å². The number of ketones is 1. The lowest BCUT2D eigenvalue weighted by atomic mass is 9.88. The van der Waals surface area contributed by atoms with Crippen LogP contribution in [-0.4, -0.2) is 48.4 Å². The summed E-state index contributed by atoms with van der Waals surface area (Å²) in [5, 5.41) is 9.98. The molecule has 31 heavy (non-hydrogen) atoms. The van der Waals surface area contributed by atoms with Crippen LogP contribution in [-0.2, 0) is 35.0 Å². The van der Waals surface area contributed by atoms with Crippen LogP contribution in [0.15, 0.2) is 63.9 Å². The predicted octanol–water partition coefficient (Wildman–Crippen LogP) is 2.73. The topological polar surface area (TPSA) is 99.1 Å². The van der Waals surface area contributed by atoms with E-state index in [-0.39, 0.29) is 24.6 Å². The number of hydrogen-bond acceptors (Lipinski definition) is 8. The number of carbonyl (C=O) groups excluding carboxylic acids is 3. The zero-order valence-electron chi connectivity index (χ0n) is 17.3. The number of aliphatic hydroxyl groups is 1. The summed E-state index contributed by atoms with van der Waals surface area (Å²) in [6.07, 6.45) is 1.76. The van der Waals surface area contributed by atoms with Crippen LogP contribution < -0.4 is 0 Å². The molecule has 8 heteroatoms. The fourth-order valence-corrected chi connectivity index (χ4v) is 4.14. The van der Waals surface area contributed by atoms with Crippen LogP contribution in [0.3, 0.4) is 0 Å². The summed E-state index contributed by atoms with van der Waals surface area (Å²) in [6.45, 7) is 5.91. The second-order valence-electron chi connectivity index (χ2n) is 7.30. The van der Waals surface area contributed by atoms with Crippen molar-refractivity contribution in [2.75, 3.05) is 13.2 Å². The summed E-state index contributed by atoms with van der Waals surface area (Å²) in [4.78, 5) is 38.7. The quantitative estimate of drug-likeness (QED) is 0.283. The van der Waals surface area contributed by atoms with E-state index in [1.54, 1.807) is 6.08 Å². The molecule has 2 aliphatic rings. The fraction of sp³-hybridized carbons (Fsp3) is 0.348. The van der Waals surface area contributed by atoms with Gasteiger partial charge in [0.15, 0.2) is 5.78 Å². The van der Waals surface area contributed by atoms with Crippen LogP contribution in [0.5, 0.6) is 0 Å². The van der Waals surface area contributed by atoms with Gasteiger partial charge in [-0.05, 0) is 25.5 Å². The highest BCUT2D eigenvalue weighted by molar-refractivity contribution is 8.03. The Morgan fingerprint density at radius 1 is 1.29 bits per heavy atom. The number of allylic oxidation sites excluding steroid dienone is 2. The van der Waals surface area contributed by atoms with Gasteiger partial charge in [0.1, 0.15) is 18.6 Å². The normalized spacial score (nSPS) is 19.2. The van der Waals surface area contributed by atoms with E-state index in [4.69, 9.17) is 14.2 Å². The average molecular weight is 445 g/mol. The van der Waals surface area contributed by atoms with Crippen LogP contribution in [0.1, 0.15) is 19.4 Å². The molecule has 3 unspecified atom stereocenters. The van der Waals surface area contributed by atoms with Gasteiger partial charge in [-0.1, -0.05) is 48.7 Å². The molecule has 0 amide bonds. The number of Topliss-reactive ketones (excluding diaryl/α,β-unsaturated/α-hetero) is 1. The van der Waals surface area contributed by atoms with Gasteiger partial charge in [-0.25, -0.2) is 4.79 Å². The van der Waals surface area contributed by atoms with Crippen molar-refractivity contribution in [1.82, 2.24) is 0 Å². The van der Waals surface area contributed by atoms with Crippen molar-refractivity contribution in [3.05, 3.63) is 64.6 Å². The second kappa shape index (κ2) is 10.1.